The minimum Gasteiger partial charge on any atom is -0.506 e. The van der Waals surface area contributed by atoms with Gasteiger partial charge in [-0.25, -0.2) is 14.8 Å². The second kappa shape index (κ2) is 4.44. The van der Waals surface area contributed by atoms with Gasteiger partial charge in [-0.1, -0.05) is 0 Å². The Bertz CT molecular complexity index is 681. The number of aromatic hydroxyl groups is 1. The summed E-state index contributed by atoms with van der Waals surface area (Å²) < 4.78 is 23.7. The number of nitrogen functional groups attached to an aromatic ring is 1. The number of benzene rings is 1. The molecule has 2 rings (SSSR count). The van der Waals surface area contributed by atoms with Crippen LogP contribution in [0, 0.1) is 0 Å². The molecule has 0 atom stereocenters. The number of aromatic nitrogens is 1. The first-order valence-corrected chi connectivity index (χ1v) is 7.13. The van der Waals surface area contributed by atoms with Gasteiger partial charge in [-0.15, -0.1) is 11.3 Å². The fourth-order valence-electron chi connectivity index (χ4n) is 1.29. The van der Waals surface area contributed by atoms with Crippen LogP contribution < -0.4 is 15.6 Å². The molecule has 1 aromatic carbocycles. The Hall–Kier alpha value is -1.84. The normalized spacial score (nSPS) is 11.4. The Morgan fingerprint density at radius 2 is 2.11 bits per heavy atom. The third-order valence-corrected chi connectivity index (χ3v) is 3.42. The third kappa shape index (κ3) is 2.88. The summed E-state index contributed by atoms with van der Waals surface area (Å²) in [7, 11) is -3.83. The van der Waals surface area contributed by atoms with Crippen molar-refractivity contribution in [2.75, 3.05) is 10.5 Å². The predicted molar refractivity (Wildman–Crippen MR) is 70.4 cm³/mol. The maximum Gasteiger partial charge on any atom is 0.298 e. The van der Waals surface area contributed by atoms with Crippen molar-refractivity contribution in [3.8, 4) is 17.0 Å². The third-order valence-electron chi connectivity index (χ3n) is 2.06. The van der Waals surface area contributed by atoms with E-state index in [2.05, 4.69) is 9.71 Å². The highest BCUT2D eigenvalue weighted by molar-refractivity contribution is 7.90. The minimum absolute atomic E-state index is 0.0168. The van der Waals surface area contributed by atoms with Crippen molar-refractivity contribution in [3.05, 3.63) is 23.6 Å². The summed E-state index contributed by atoms with van der Waals surface area (Å²) in [6.07, 6.45) is 0. The number of hydrogen-bond donors (Lipinski definition) is 4. The maximum absolute atomic E-state index is 10.8. The van der Waals surface area contributed by atoms with Gasteiger partial charge in [0.1, 0.15) is 5.75 Å². The standard InChI is InChI=1S/C9H10N4O3S2/c10-6-3-5(1-2-8(6)14)7-4-17-9(12-7)13-18(11,15)16/h1-4,14H,10H2,(H,12,13)(H2,11,15,16). The van der Waals surface area contributed by atoms with Crippen LogP contribution in [0.3, 0.4) is 0 Å². The first-order valence-electron chi connectivity index (χ1n) is 4.70. The van der Waals surface area contributed by atoms with Crippen LogP contribution >= 0.6 is 11.3 Å². The molecule has 0 spiro atoms. The lowest BCUT2D eigenvalue weighted by Crippen LogP contribution is -2.21. The first-order chi connectivity index (χ1) is 8.35. The zero-order valence-corrected chi connectivity index (χ0v) is 10.6. The average molecular weight is 286 g/mol. The molecule has 0 radical (unpaired) electrons. The summed E-state index contributed by atoms with van der Waals surface area (Å²) in [4.78, 5) is 4.05. The molecule has 7 nitrogen and oxygen atoms in total. The summed E-state index contributed by atoms with van der Waals surface area (Å²) in [6, 6.07) is 4.61. The van der Waals surface area contributed by atoms with E-state index in [4.69, 9.17) is 10.9 Å². The molecule has 2 aromatic rings. The van der Waals surface area contributed by atoms with Crippen molar-refractivity contribution in [1.82, 2.24) is 4.98 Å². The number of nitrogens with zero attached hydrogens (tertiary/aromatic N) is 1. The molecule has 1 aromatic heterocycles. The summed E-state index contributed by atoms with van der Waals surface area (Å²) in [5, 5.41) is 15.9. The van der Waals surface area contributed by atoms with Gasteiger partial charge >= 0.3 is 0 Å². The Labute approximate surface area is 107 Å². The van der Waals surface area contributed by atoms with E-state index in [1.165, 1.54) is 6.07 Å². The van der Waals surface area contributed by atoms with Crippen LogP contribution in [0.1, 0.15) is 0 Å². The lowest BCUT2D eigenvalue weighted by atomic mass is 10.1. The molecule has 1 heterocycles. The van der Waals surface area contributed by atoms with E-state index >= 15 is 0 Å². The van der Waals surface area contributed by atoms with E-state index in [9.17, 15) is 13.5 Å². The van der Waals surface area contributed by atoms with E-state index in [1.54, 1.807) is 17.5 Å². The fraction of sp³-hybridized carbons (Fsp3) is 0. The second-order valence-electron chi connectivity index (χ2n) is 3.46. The molecule has 0 fully saturated rings. The molecule has 0 aliphatic heterocycles. The molecule has 0 saturated carbocycles. The van der Waals surface area contributed by atoms with Crippen molar-refractivity contribution in [2.24, 2.45) is 5.14 Å². The maximum atomic E-state index is 10.8. The highest BCUT2D eigenvalue weighted by Crippen LogP contribution is 2.29. The van der Waals surface area contributed by atoms with Crippen molar-refractivity contribution in [2.45, 2.75) is 0 Å². The predicted octanol–water partition coefficient (Wildman–Crippen LogP) is 0.713. The van der Waals surface area contributed by atoms with Gasteiger partial charge in [-0.2, -0.15) is 8.42 Å². The largest absolute Gasteiger partial charge is 0.506 e. The summed E-state index contributed by atoms with van der Waals surface area (Å²) in [6.45, 7) is 0. The number of rotatable bonds is 3. The van der Waals surface area contributed by atoms with Crippen molar-refractivity contribution in [1.29, 1.82) is 0 Å². The topological polar surface area (TPSA) is 131 Å². The van der Waals surface area contributed by atoms with E-state index in [0.29, 0.717) is 11.3 Å². The summed E-state index contributed by atoms with van der Waals surface area (Å²) in [5.74, 6) is -0.0168. The number of nitrogens with two attached hydrogens (primary N) is 2. The lowest BCUT2D eigenvalue weighted by Gasteiger charge is -2.01. The van der Waals surface area contributed by atoms with Crippen molar-refractivity contribution >= 4 is 32.4 Å². The molecule has 0 bridgehead atoms. The van der Waals surface area contributed by atoms with E-state index in [0.717, 1.165) is 11.3 Å². The molecule has 0 aliphatic carbocycles. The van der Waals surface area contributed by atoms with E-state index < -0.39 is 10.2 Å². The van der Waals surface area contributed by atoms with Gasteiger partial charge in [0.15, 0.2) is 5.13 Å². The summed E-state index contributed by atoms with van der Waals surface area (Å²) in [5.41, 5.74) is 6.99. The minimum atomic E-state index is -3.83. The van der Waals surface area contributed by atoms with Crippen LogP contribution in [0.25, 0.3) is 11.3 Å². The molecule has 6 N–H and O–H groups in total. The number of phenolic OH excluding ortho intramolecular Hbond substituents is 1. The fourth-order valence-corrected chi connectivity index (χ4v) is 2.68. The van der Waals surface area contributed by atoms with Crippen LogP contribution in [-0.2, 0) is 10.2 Å². The van der Waals surface area contributed by atoms with Gasteiger partial charge in [-0.3, -0.25) is 0 Å². The Balaban J connectivity index is 2.32. The van der Waals surface area contributed by atoms with Crippen LogP contribution in [0.2, 0.25) is 0 Å². The SMILES string of the molecule is Nc1cc(-c2csc(NS(N)(=O)=O)n2)ccc1O. The van der Waals surface area contributed by atoms with Gasteiger partial charge < -0.3 is 10.8 Å². The smallest absolute Gasteiger partial charge is 0.298 e. The van der Waals surface area contributed by atoms with Crippen LogP contribution in [0.4, 0.5) is 10.8 Å². The van der Waals surface area contributed by atoms with Crippen molar-refractivity contribution < 1.29 is 13.5 Å². The van der Waals surface area contributed by atoms with Gasteiger partial charge in [0.25, 0.3) is 10.2 Å². The van der Waals surface area contributed by atoms with E-state index in [1.807, 2.05) is 0 Å². The molecular formula is C9H10N4O3S2. The zero-order chi connectivity index (χ0) is 13.3. The average Bonchev–Trinajstić information content (AvgIpc) is 2.68. The first kappa shape index (κ1) is 12.6. The molecule has 0 unspecified atom stereocenters. The monoisotopic (exact) mass is 286 g/mol. The molecule has 96 valence electrons. The molecule has 0 amide bonds. The summed E-state index contributed by atoms with van der Waals surface area (Å²) >= 11 is 1.10. The van der Waals surface area contributed by atoms with Crippen LogP contribution in [0.5, 0.6) is 5.75 Å². The Morgan fingerprint density at radius 1 is 1.39 bits per heavy atom. The molecular weight excluding hydrogens is 276 g/mol. The van der Waals surface area contributed by atoms with Gasteiger partial charge in [-0.05, 0) is 18.2 Å². The number of anilines is 2. The molecule has 18 heavy (non-hydrogen) atoms. The van der Waals surface area contributed by atoms with Crippen molar-refractivity contribution in [3.63, 3.8) is 0 Å². The Morgan fingerprint density at radius 3 is 2.72 bits per heavy atom. The number of phenols is 1. The number of thiazole rings is 1. The van der Waals surface area contributed by atoms with Gasteiger partial charge in [0.05, 0.1) is 11.4 Å². The second-order valence-corrected chi connectivity index (χ2v) is 5.61. The highest BCUT2D eigenvalue weighted by Gasteiger charge is 2.09. The molecule has 0 saturated heterocycles. The number of hydrogen-bond acceptors (Lipinski definition) is 6. The van der Waals surface area contributed by atoms with Gasteiger partial charge in [0, 0.05) is 10.9 Å². The van der Waals surface area contributed by atoms with Crippen LogP contribution in [-0.4, -0.2) is 18.5 Å². The highest BCUT2D eigenvalue weighted by atomic mass is 32.2. The van der Waals surface area contributed by atoms with Crippen LogP contribution in [0.15, 0.2) is 23.6 Å². The lowest BCUT2D eigenvalue weighted by molar-refractivity contribution is 0.478. The van der Waals surface area contributed by atoms with E-state index in [-0.39, 0.29) is 16.6 Å². The van der Waals surface area contributed by atoms with Gasteiger partial charge in [0.2, 0.25) is 0 Å². The number of nitrogens with one attached hydrogen (secondary N) is 1. The quantitative estimate of drug-likeness (QED) is 0.487. The zero-order valence-electron chi connectivity index (χ0n) is 8.99. The molecule has 0 aliphatic rings. The molecule has 9 heteroatoms. The Kier molecular flexibility index (Phi) is 3.11.